The lowest BCUT2D eigenvalue weighted by Gasteiger charge is -2.19. The number of nitrogens with zero attached hydrogens (tertiary/aromatic N) is 1. The first kappa shape index (κ1) is 22.9. The van der Waals surface area contributed by atoms with Crippen LogP contribution in [-0.4, -0.2) is 40.3 Å². The number of H-pyrrole nitrogens is 1. The number of benzene rings is 2. The number of esters is 2. The molecule has 1 N–H and O–H groups in total. The van der Waals surface area contributed by atoms with Gasteiger partial charge in [0, 0.05) is 12.6 Å². The van der Waals surface area contributed by atoms with Crippen LogP contribution in [-0.2, 0) is 14.2 Å². The fourth-order valence-corrected chi connectivity index (χ4v) is 3.85. The van der Waals surface area contributed by atoms with Crippen LogP contribution in [0.3, 0.4) is 0 Å². The van der Waals surface area contributed by atoms with Crippen molar-refractivity contribution in [2.24, 2.45) is 0 Å². The highest BCUT2D eigenvalue weighted by atomic mass is 127. The Bertz CT molecular complexity index is 1260. The average Bonchev–Trinajstić information content (AvgIpc) is 3.23. The molecular formula is C23H19IN2O7. The standard InChI is InChI=1S/C23H19IN2O7/c24-16-12-26(23(30)25-20(16)27)19-11-17(33-22(29)15-9-5-2-6-10-15)18(32-19)13-31-21(28)14-7-3-1-4-8-14/h1-10,12,17-19H,11,13H2,(H,25,27,30). The lowest BCUT2D eigenvalue weighted by molar-refractivity contribution is -0.0583. The highest BCUT2D eigenvalue weighted by Gasteiger charge is 2.40. The number of rotatable bonds is 6. The van der Waals surface area contributed by atoms with Gasteiger partial charge in [0.1, 0.15) is 25.0 Å². The van der Waals surface area contributed by atoms with Crippen molar-refractivity contribution < 1.29 is 23.8 Å². The van der Waals surface area contributed by atoms with Gasteiger partial charge in [0.05, 0.1) is 14.7 Å². The first-order chi connectivity index (χ1) is 15.9. The van der Waals surface area contributed by atoms with Crippen molar-refractivity contribution in [3.05, 3.63) is 102 Å². The van der Waals surface area contributed by atoms with Gasteiger partial charge in [-0.25, -0.2) is 14.4 Å². The minimum absolute atomic E-state index is 0.133. The number of ether oxygens (including phenoxy) is 3. The third-order valence-electron chi connectivity index (χ3n) is 5.07. The van der Waals surface area contributed by atoms with Crippen molar-refractivity contribution in [2.75, 3.05) is 6.61 Å². The molecule has 3 unspecified atom stereocenters. The van der Waals surface area contributed by atoms with Crippen molar-refractivity contribution in [3.63, 3.8) is 0 Å². The maximum absolute atomic E-state index is 12.6. The van der Waals surface area contributed by atoms with E-state index in [-0.39, 0.29) is 13.0 Å². The van der Waals surface area contributed by atoms with Gasteiger partial charge in [-0.1, -0.05) is 36.4 Å². The number of hydrogen-bond donors (Lipinski definition) is 1. The molecule has 1 aliphatic rings. The highest BCUT2D eigenvalue weighted by Crippen LogP contribution is 2.31. The monoisotopic (exact) mass is 562 g/mol. The zero-order valence-electron chi connectivity index (χ0n) is 17.2. The Labute approximate surface area is 201 Å². The van der Waals surface area contributed by atoms with Gasteiger partial charge in [-0.3, -0.25) is 14.3 Å². The van der Waals surface area contributed by atoms with E-state index in [2.05, 4.69) is 4.98 Å². The fraction of sp³-hybridized carbons (Fsp3) is 0.217. The van der Waals surface area contributed by atoms with Crippen LogP contribution >= 0.6 is 22.6 Å². The second kappa shape index (κ2) is 10.1. The predicted octanol–water partition coefficient (Wildman–Crippen LogP) is 2.51. The van der Waals surface area contributed by atoms with E-state index < -0.39 is 41.6 Å². The van der Waals surface area contributed by atoms with E-state index in [9.17, 15) is 19.2 Å². The van der Waals surface area contributed by atoms with Crippen molar-refractivity contribution in [2.45, 2.75) is 24.9 Å². The molecule has 170 valence electrons. The molecule has 0 radical (unpaired) electrons. The van der Waals surface area contributed by atoms with Crippen molar-refractivity contribution in [1.29, 1.82) is 0 Å². The van der Waals surface area contributed by atoms with E-state index >= 15 is 0 Å². The summed E-state index contributed by atoms with van der Waals surface area (Å²) in [6, 6.07) is 16.9. The Morgan fingerprint density at radius 3 is 2.24 bits per heavy atom. The van der Waals surface area contributed by atoms with E-state index in [0.29, 0.717) is 14.7 Å². The lowest BCUT2D eigenvalue weighted by Crippen LogP contribution is -2.34. The molecule has 1 aromatic heterocycles. The number of halogens is 1. The van der Waals surface area contributed by atoms with E-state index in [4.69, 9.17) is 14.2 Å². The van der Waals surface area contributed by atoms with Gasteiger partial charge in [-0.15, -0.1) is 0 Å². The molecule has 0 spiro atoms. The van der Waals surface area contributed by atoms with Crippen LogP contribution in [0.2, 0.25) is 0 Å². The average molecular weight is 562 g/mol. The highest BCUT2D eigenvalue weighted by molar-refractivity contribution is 14.1. The van der Waals surface area contributed by atoms with Gasteiger partial charge < -0.3 is 14.2 Å². The SMILES string of the molecule is O=C(OCC1OC(n2cc(I)c(=O)[nH]c2=O)CC1OC(=O)c1ccccc1)c1ccccc1. The maximum Gasteiger partial charge on any atom is 0.338 e. The molecule has 0 amide bonds. The van der Waals surface area contributed by atoms with Crippen molar-refractivity contribution in [3.8, 4) is 0 Å². The molecule has 4 rings (SSSR count). The molecule has 10 heteroatoms. The molecule has 1 fully saturated rings. The molecule has 1 saturated heterocycles. The largest absolute Gasteiger partial charge is 0.459 e. The number of aromatic nitrogens is 2. The Hall–Kier alpha value is -3.25. The minimum atomic E-state index is -0.822. The molecule has 2 heterocycles. The summed E-state index contributed by atoms with van der Waals surface area (Å²) in [6.45, 7) is -0.188. The second-order valence-corrected chi connectivity index (χ2v) is 8.44. The topological polar surface area (TPSA) is 117 Å². The summed E-state index contributed by atoms with van der Waals surface area (Å²) in [7, 11) is 0. The molecule has 3 atom stereocenters. The third-order valence-corrected chi connectivity index (χ3v) is 5.84. The van der Waals surface area contributed by atoms with E-state index in [1.807, 2.05) is 22.6 Å². The normalized spacial score (nSPS) is 19.7. The summed E-state index contributed by atoms with van der Waals surface area (Å²) in [5.41, 5.74) is -0.427. The number of carbonyl (C=O) groups is 2. The van der Waals surface area contributed by atoms with E-state index in [1.165, 1.54) is 10.8 Å². The maximum atomic E-state index is 12.6. The summed E-state index contributed by atoms with van der Waals surface area (Å²) in [5.74, 6) is -1.11. The fourth-order valence-electron chi connectivity index (χ4n) is 3.42. The van der Waals surface area contributed by atoms with Crippen LogP contribution < -0.4 is 11.2 Å². The second-order valence-electron chi connectivity index (χ2n) is 7.28. The zero-order chi connectivity index (χ0) is 23.4. The van der Waals surface area contributed by atoms with Gasteiger partial charge in [0.2, 0.25) is 0 Å². The molecule has 3 aromatic rings. The summed E-state index contributed by atoms with van der Waals surface area (Å²) in [4.78, 5) is 51.2. The first-order valence-electron chi connectivity index (χ1n) is 10.1. The van der Waals surface area contributed by atoms with Gasteiger partial charge in [0.15, 0.2) is 0 Å². The number of carbonyl (C=O) groups excluding carboxylic acids is 2. The minimum Gasteiger partial charge on any atom is -0.459 e. The quantitative estimate of drug-likeness (QED) is 0.363. The van der Waals surface area contributed by atoms with Crippen LogP contribution in [0, 0.1) is 3.57 Å². The van der Waals surface area contributed by atoms with Crippen LogP contribution in [0.1, 0.15) is 33.4 Å². The Kier molecular flexibility index (Phi) is 7.04. The van der Waals surface area contributed by atoms with E-state index in [0.717, 1.165) is 0 Å². The van der Waals surface area contributed by atoms with Crippen molar-refractivity contribution in [1.82, 2.24) is 9.55 Å². The molecule has 1 aliphatic heterocycles. The van der Waals surface area contributed by atoms with Crippen molar-refractivity contribution >= 4 is 34.5 Å². The van der Waals surface area contributed by atoms with Gasteiger partial charge in [-0.2, -0.15) is 0 Å². The molecule has 0 aliphatic carbocycles. The zero-order valence-corrected chi connectivity index (χ0v) is 19.3. The smallest absolute Gasteiger partial charge is 0.338 e. The van der Waals surface area contributed by atoms with E-state index in [1.54, 1.807) is 60.7 Å². The molecule has 0 saturated carbocycles. The molecule has 2 aromatic carbocycles. The molecule has 0 bridgehead atoms. The van der Waals surface area contributed by atoms with Crippen LogP contribution in [0.4, 0.5) is 0 Å². The summed E-state index contributed by atoms with van der Waals surface area (Å²) < 4.78 is 18.5. The molecule has 33 heavy (non-hydrogen) atoms. The first-order valence-corrected chi connectivity index (χ1v) is 11.1. The number of hydrogen-bond acceptors (Lipinski definition) is 7. The lowest BCUT2D eigenvalue weighted by atomic mass is 10.1. The molecular weight excluding hydrogens is 543 g/mol. The van der Waals surface area contributed by atoms with Gasteiger partial charge >= 0.3 is 17.6 Å². The third kappa shape index (κ3) is 5.40. The molecule has 9 nitrogen and oxygen atoms in total. The Morgan fingerprint density at radius 2 is 1.61 bits per heavy atom. The Morgan fingerprint density at radius 1 is 1.00 bits per heavy atom. The van der Waals surface area contributed by atoms with Gasteiger partial charge in [0.25, 0.3) is 5.56 Å². The number of nitrogens with one attached hydrogen (secondary N) is 1. The summed E-state index contributed by atoms with van der Waals surface area (Å²) in [6.07, 6.45) is -0.916. The summed E-state index contributed by atoms with van der Waals surface area (Å²) in [5, 5.41) is 0. The summed E-state index contributed by atoms with van der Waals surface area (Å²) >= 11 is 1.81. The van der Waals surface area contributed by atoms with Crippen LogP contribution in [0.15, 0.2) is 76.4 Å². The van der Waals surface area contributed by atoms with Crippen LogP contribution in [0.25, 0.3) is 0 Å². The Balaban J connectivity index is 1.53. The number of aromatic amines is 1. The predicted molar refractivity (Wildman–Crippen MR) is 125 cm³/mol. The van der Waals surface area contributed by atoms with Gasteiger partial charge in [-0.05, 0) is 46.9 Å². The van der Waals surface area contributed by atoms with Crippen LogP contribution in [0.5, 0.6) is 0 Å².